The second-order valence-electron chi connectivity index (χ2n) is 7.15. The molecule has 0 aliphatic rings. The molecule has 3 aromatic rings. The molecular weight excluding hydrogens is 374 g/mol. The van der Waals surface area contributed by atoms with E-state index in [-0.39, 0.29) is 0 Å². The molecule has 0 saturated carbocycles. The smallest absolute Gasteiger partial charge is 0.160 e. The molecule has 2 aromatic heterocycles. The van der Waals surface area contributed by atoms with Gasteiger partial charge in [0, 0.05) is 49.6 Å². The van der Waals surface area contributed by atoms with Crippen molar-refractivity contribution >= 4 is 22.5 Å². The number of hydrogen-bond acceptors (Lipinski definition) is 4. The van der Waals surface area contributed by atoms with Crippen LogP contribution in [0.15, 0.2) is 36.4 Å². The zero-order chi connectivity index (χ0) is 20.8. The molecule has 156 valence electrons. The van der Waals surface area contributed by atoms with E-state index < -0.39 is 11.6 Å². The molecule has 2 N–H and O–H groups in total. The lowest BCUT2D eigenvalue weighted by Crippen LogP contribution is -2.31. The maximum atomic E-state index is 13.4. The number of methoxy groups -OCH3 is 1. The molecule has 3 rings (SSSR count). The van der Waals surface area contributed by atoms with Crippen LogP contribution in [0, 0.1) is 11.6 Å². The molecule has 1 unspecified atom stereocenters. The summed E-state index contributed by atoms with van der Waals surface area (Å²) in [7, 11) is 3.71. The lowest BCUT2D eigenvalue weighted by Gasteiger charge is -2.16. The third-order valence-electron chi connectivity index (χ3n) is 5.15. The molecular formula is C22H28F2N4O. The number of hydrogen-bond donors (Lipinski definition) is 2. The van der Waals surface area contributed by atoms with Gasteiger partial charge < -0.3 is 19.9 Å². The first-order valence-electron chi connectivity index (χ1n) is 9.91. The monoisotopic (exact) mass is 402 g/mol. The molecule has 0 radical (unpaired) electrons. The van der Waals surface area contributed by atoms with Crippen LogP contribution < -0.4 is 10.6 Å². The van der Waals surface area contributed by atoms with Crippen LogP contribution in [0.3, 0.4) is 0 Å². The number of nitrogens with zero attached hydrogens (tertiary/aromatic N) is 2. The van der Waals surface area contributed by atoms with Crippen molar-refractivity contribution in [2.75, 3.05) is 25.6 Å². The first-order chi connectivity index (χ1) is 14.0. The van der Waals surface area contributed by atoms with Gasteiger partial charge in [-0.25, -0.2) is 13.8 Å². The van der Waals surface area contributed by atoms with E-state index in [2.05, 4.69) is 33.2 Å². The summed E-state index contributed by atoms with van der Waals surface area (Å²) < 4.78 is 33.7. The van der Waals surface area contributed by atoms with E-state index in [0.29, 0.717) is 24.2 Å². The Labute approximate surface area is 170 Å². The van der Waals surface area contributed by atoms with Gasteiger partial charge in [0.15, 0.2) is 11.6 Å². The van der Waals surface area contributed by atoms with Gasteiger partial charge in [-0.1, -0.05) is 6.92 Å². The third kappa shape index (κ3) is 5.31. The minimum atomic E-state index is -0.887. The van der Waals surface area contributed by atoms with E-state index in [9.17, 15) is 8.78 Å². The summed E-state index contributed by atoms with van der Waals surface area (Å²) in [4.78, 5) is 4.65. The Bertz CT molecular complexity index is 957. The minimum absolute atomic E-state index is 0.446. The van der Waals surface area contributed by atoms with Crippen LogP contribution >= 0.6 is 0 Å². The molecule has 29 heavy (non-hydrogen) atoms. The van der Waals surface area contributed by atoms with Crippen LogP contribution in [0.1, 0.15) is 25.5 Å². The van der Waals surface area contributed by atoms with Crippen molar-refractivity contribution in [2.24, 2.45) is 7.05 Å². The highest BCUT2D eigenvalue weighted by atomic mass is 19.2. The number of rotatable bonds is 10. The highest BCUT2D eigenvalue weighted by molar-refractivity contribution is 5.80. The quantitative estimate of drug-likeness (QED) is 0.489. The number of aryl methyl sites for hydroxylation is 2. The summed E-state index contributed by atoms with van der Waals surface area (Å²) in [5.74, 6) is -1.17. The fourth-order valence-electron chi connectivity index (χ4n) is 3.42. The highest BCUT2D eigenvalue weighted by Crippen LogP contribution is 2.23. The Balaban J connectivity index is 1.71. The van der Waals surface area contributed by atoms with Gasteiger partial charge in [-0.2, -0.15) is 0 Å². The Morgan fingerprint density at radius 3 is 2.69 bits per heavy atom. The molecule has 0 aliphatic carbocycles. The normalized spacial score (nSPS) is 12.4. The summed E-state index contributed by atoms with van der Waals surface area (Å²) in [5.41, 5.74) is 2.52. The number of fused-ring (bicyclic) bond motifs is 1. The van der Waals surface area contributed by atoms with E-state index >= 15 is 0 Å². The number of ether oxygens (including phenoxy) is 1. The van der Waals surface area contributed by atoms with Gasteiger partial charge in [-0.3, -0.25) is 0 Å². The Morgan fingerprint density at radius 2 is 1.97 bits per heavy atom. The summed E-state index contributed by atoms with van der Waals surface area (Å²) >= 11 is 0. The zero-order valence-corrected chi connectivity index (χ0v) is 17.1. The molecule has 7 heteroatoms. The molecule has 5 nitrogen and oxygen atoms in total. The van der Waals surface area contributed by atoms with Gasteiger partial charge >= 0.3 is 0 Å². The summed E-state index contributed by atoms with van der Waals surface area (Å²) in [6, 6.07) is 10.1. The van der Waals surface area contributed by atoms with Crippen molar-refractivity contribution in [1.82, 2.24) is 14.9 Å². The molecule has 1 aromatic carbocycles. The van der Waals surface area contributed by atoms with Gasteiger partial charge in [-0.15, -0.1) is 0 Å². The van der Waals surface area contributed by atoms with Gasteiger partial charge in [0.1, 0.15) is 11.5 Å². The van der Waals surface area contributed by atoms with E-state index in [4.69, 9.17) is 4.74 Å². The summed E-state index contributed by atoms with van der Waals surface area (Å²) in [6.07, 6.45) is 3.04. The minimum Gasteiger partial charge on any atom is -0.383 e. The average molecular weight is 402 g/mol. The van der Waals surface area contributed by atoms with Crippen LogP contribution in [-0.4, -0.2) is 35.9 Å². The molecule has 0 amide bonds. The largest absolute Gasteiger partial charge is 0.383 e. The lowest BCUT2D eigenvalue weighted by molar-refractivity contribution is 0.194. The van der Waals surface area contributed by atoms with E-state index in [1.807, 2.05) is 19.2 Å². The van der Waals surface area contributed by atoms with Crippen molar-refractivity contribution in [3.63, 3.8) is 0 Å². The van der Waals surface area contributed by atoms with E-state index in [1.54, 1.807) is 7.11 Å². The average Bonchev–Trinajstić information content (AvgIpc) is 3.03. The fourth-order valence-corrected chi connectivity index (χ4v) is 3.42. The maximum Gasteiger partial charge on any atom is 0.160 e. The summed E-state index contributed by atoms with van der Waals surface area (Å²) in [6.45, 7) is 3.75. The van der Waals surface area contributed by atoms with Gasteiger partial charge in [-0.05, 0) is 49.6 Å². The van der Waals surface area contributed by atoms with Crippen molar-refractivity contribution in [2.45, 2.75) is 32.2 Å². The van der Waals surface area contributed by atoms with Gasteiger partial charge in [0.25, 0.3) is 0 Å². The maximum absolute atomic E-state index is 13.4. The van der Waals surface area contributed by atoms with Crippen molar-refractivity contribution in [3.8, 4) is 0 Å². The predicted octanol–water partition coefficient (Wildman–Crippen LogP) is 4.54. The Hall–Kier alpha value is -2.51. The number of nitrogens with one attached hydrogen (secondary N) is 2. The van der Waals surface area contributed by atoms with Gasteiger partial charge in [0.2, 0.25) is 0 Å². The van der Waals surface area contributed by atoms with Crippen LogP contribution in [-0.2, 0) is 18.2 Å². The van der Waals surface area contributed by atoms with Gasteiger partial charge in [0.05, 0.1) is 6.61 Å². The van der Waals surface area contributed by atoms with Crippen LogP contribution in [0.4, 0.5) is 20.3 Å². The molecule has 0 spiro atoms. The zero-order valence-electron chi connectivity index (χ0n) is 17.1. The Kier molecular flexibility index (Phi) is 7.17. The molecule has 0 aliphatic heterocycles. The molecule has 0 bridgehead atoms. The number of benzene rings is 1. The van der Waals surface area contributed by atoms with Crippen LogP contribution in [0.25, 0.3) is 11.0 Å². The topological polar surface area (TPSA) is 51.1 Å². The van der Waals surface area contributed by atoms with Crippen LogP contribution in [0.5, 0.6) is 0 Å². The SMILES string of the molecule is CCC(CCc1cc2ccc(Nc3ccc(F)c(F)c3)nc2n1C)NCCOC. The third-order valence-corrected chi connectivity index (χ3v) is 5.15. The van der Waals surface area contributed by atoms with Crippen molar-refractivity contribution in [1.29, 1.82) is 0 Å². The molecule has 1 atom stereocenters. The highest BCUT2D eigenvalue weighted by Gasteiger charge is 2.12. The number of anilines is 2. The molecule has 0 saturated heterocycles. The summed E-state index contributed by atoms with van der Waals surface area (Å²) in [5, 5.41) is 7.61. The van der Waals surface area contributed by atoms with Crippen molar-refractivity contribution in [3.05, 3.63) is 53.7 Å². The number of halogens is 2. The lowest BCUT2D eigenvalue weighted by atomic mass is 10.1. The number of aromatic nitrogens is 2. The first-order valence-corrected chi connectivity index (χ1v) is 9.91. The predicted molar refractivity (Wildman–Crippen MR) is 113 cm³/mol. The van der Waals surface area contributed by atoms with Crippen LogP contribution in [0.2, 0.25) is 0 Å². The Morgan fingerprint density at radius 1 is 1.14 bits per heavy atom. The first kappa shape index (κ1) is 21.2. The molecule has 2 heterocycles. The standard InChI is InChI=1S/C22H28F2N4O/c1-4-16(25-11-12-29-3)6-8-18-13-15-5-10-21(27-22(15)28(18)2)26-17-7-9-19(23)20(24)14-17/h5,7,9-10,13-14,16,25H,4,6,8,11-12H2,1-3H3,(H,26,27). The second-order valence-corrected chi connectivity index (χ2v) is 7.15. The second kappa shape index (κ2) is 9.80. The van der Waals surface area contributed by atoms with E-state index in [1.165, 1.54) is 11.8 Å². The van der Waals surface area contributed by atoms with Crippen molar-refractivity contribution < 1.29 is 13.5 Å². The molecule has 0 fully saturated rings. The van der Waals surface area contributed by atoms with E-state index in [0.717, 1.165) is 49.0 Å². The fraction of sp³-hybridized carbons (Fsp3) is 0.409. The number of pyridine rings is 1.